The zero-order valence-corrected chi connectivity index (χ0v) is 17.0. The molecule has 0 unspecified atom stereocenters. The molecule has 5 aromatic heterocycles. The molecular weight excluding hydrogens is 396 g/mol. The van der Waals surface area contributed by atoms with Gasteiger partial charge in [-0.05, 0) is 30.7 Å². The van der Waals surface area contributed by atoms with Gasteiger partial charge in [-0.1, -0.05) is 6.07 Å². The third-order valence-electron chi connectivity index (χ3n) is 4.66. The summed E-state index contributed by atoms with van der Waals surface area (Å²) in [6.45, 7) is 3.42. The van der Waals surface area contributed by atoms with Crippen molar-refractivity contribution in [3.63, 3.8) is 0 Å². The van der Waals surface area contributed by atoms with E-state index in [-0.39, 0.29) is 0 Å². The third kappa shape index (κ3) is 3.50. The molecule has 0 atom stereocenters. The fraction of sp³-hybridized carbons (Fsp3) is 0.143. The van der Waals surface area contributed by atoms with Crippen LogP contribution >= 0.6 is 11.3 Å². The maximum atomic E-state index is 4.73. The van der Waals surface area contributed by atoms with Gasteiger partial charge in [-0.2, -0.15) is 0 Å². The number of thiazole rings is 1. The topological polar surface area (TPSA) is 94.3 Å². The van der Waals surface area contributed by atoms with Gasteiger partial charge in [0, 0.05) is 48.8 Å². The van der Waals surface area contributed by atoms with Crippen LogP contribution < -0.4 is 5.32 Å². The lowest BCUT2D eigenvalue weighted by Crippen LogP contribution is -2.05. The Morgan fingerprint density at radius 2 is 2.00 bits per heavy atom. The smallest absolute Gasteiger partial charge is 0.166 e. The van der Waals surface area contributed by atoms with Gasteiger partial charge < -0.3 is 9.88 Å². The van der Waals surface area contributed by atoms with Crippen molar-refractivity contribution in [1.29, 1.82) is 0 Å². The molecule has 0 saturated heterocycles. The van der Waals surface area contributed by atoms with Gasteiger partial charge >= 0.3 is 0 Å². The summed E-state index contributed by atoms with van der Waals surface area (Å²) in [6.07, 6.45) is 8.93. The highest BCUT2D eigenvalue weighted by atomic mass is 32.1. The van der Waals surface area contributed by atoms with Crippen molar-refractivity contribution in [2.75, 3.05) is 5.32 Å². The summed E-state index contributed by atoms with van der Waals surface area (Å²) in [5.41, 5.74) is 4.32. The maximum absolute atomic E-state index is 4.73. The van der Waals surface area contributed by atoms with Crippen molar-refractivity contribution in [3.8, 4) is 22.1 Å². The Morgan fingerprint density at radius 3 is 2.73 bits per heavy atom. The summed E-state index contributed by atoms with van der Waals surface area (Å²) in [7, 11) is 0. The van der Waals surface area contributed by atoms with Gasteiger partial charge in [0.2, 0.25) is 0 Å². The molecule has 0 radical (unpaired) electrons. The number of fused-ring (bicyclic) bond motifs is 1. The third-order valence-corrected chi connectivity index (χ3v) is 5.46. The minimum atomic E-state index is 0.572. The summed E-state index contributed by atoms with van der Waals surface area (Å²) >= 11 is 1.58. The zero-order chi connectivity index (χ0) is 20.3. The minimum absolute atomic E-state index is 0.572. The van der Waals surface area contributed by atoms with Gasteiger partial charge in [-0.25, -0.2) is 19.9 Å². The lowest BCUT2D eigenvalue weighted by Gasteiger charge is -2.09. The van der Waals surface area contributed by atoms with E-state index in [2.05, 4.69) is 32.2 Å². The molecule has 5 aromatic rings. The summed E-state index contributed by atoms with van der Waals surface area (Å²) in [6, 6.07) is 7.86. The first-order valence-corrected chi connectivity index (χ1v) is 10.4. The van der Waals surface area contributed by atoms with Crippen LogP contribution in [-0.2, 0) is 13.1 Å². The number of pyridine rings is 2. The van der Waals surface area contributed by atoms with Crippen LogP contribution in [0.2, 0.25) is 0 Å². The predicted octanol–water partition coefficient (Wildman–Crippen LogP) is 4.04. The molecule has 0 spiro atoms. The van der Waals surface area contributed by atoms with Gasteiger partial charge in [0.1, 0.15) is 10.5 Å². The molecule has 148 valence electrons. The molecule has 0 aliphatic heterocycles. The van der Waals surface area contributed by atoms with Crippen molar-refractivity contribution in [3.05, 3.63) is 66.3 Å². The number of aromatic nitrogens is 7. The number of aryl methyl sites for hydroxylation is 1. The van der Waals surface area contributed by atoms with E-state index in [9.17, 15) is 0 Å². The molecule has 5 heterocycles. The SMILES string of the molecule is CCn1cnc2c(NCc3ccc(-c4nccs4)nc3)nc(-c3cccnc3)nc21. The second-order valence-electron chi connectivity index (χ2n) is 6.58. The number of rotatable bonds is 6. The Morgan fingerprint density at radius 1 is 1.03 bits per heavy atom. The van der Waals surface area contributed by atoms with E-state index in [0.29, 0.717) is 18.2 Å². The van der Waals surface area contributed by atoms with Crippen molar-refractivity contribution < 1.29 is 0 Å². The van der Waals surface area contributed by atoms with Crippen molar-refractivity contribution in [1.82, 2.24) is 34.5 Å². The number of anilines is 1. The van der Waals surface area contributed by atoms with Crippen LogP contribution in [0.15, 0.2) is 60.8 Å². The van der Waals surface area contributed by atoms with Gasteiger partial charge in [0.15, 0.2) is 17.3 Å². The average molecular weight is 414 g/mol. The molecule has 9 heteroatoms. The lowest BCUT2D eigenvalue weighted by molar-refractivity contribution is 0.777. The Kier molecular flexibility index (Phi) is 4.86. The normalized spacial score (nSPS) is 11.1. The van der Waals surface area contributed by atoms with Gasteiger partial charge in [0.05, 0.1) is 12.0 Å². The van der Waals surface area contributed by atoms with Crippen molar-refractivity contribution >= 4 is 28.3 Å². The van der Waals surface area contributed by atoms with E-state index in [1.54, 1.807) is 36.3 Å². The van der Waals surface area contributed by atoms with E-state index < -0.39 is 0 Å². The number of hydrogen-bond donors (Lipinski definition) is 1. The Labute approximate surface area is 176 Å². The molecule has 30 heavy (non-hydrogen) atoms. The number of imidazole rings is 1. The fourth-order valence-electron chi connectivity index (χ4n) is 3.11. The van der Waals surface area contributed by atoms with Crippen molar-refractivity contribution in [2.45, 2.75) is 20.0 Å². The van der Waals surface area contributed by atoms with E-state index in [0.717, 1.165) is 39.5 Å². The van der Waals surface area contributed by atoms with Crippen LogP contribution in [0.25, 0.3) is 33.3 Å². The Balaban J connectivity index is 1.45. The molecule has 0 fully saturated rings. The summed E-state index contributed by atoms with van der Waals surface area (Å²) < 4.78 is 2.01. The molecule has 0 aromatic carbocycles. The molecule has 8 nitrogen and oxygen atoms in total. The van der Waals surface area contributed by atoms with Crippen LogP contribution in [0, 0.1) is 0 Å². The standard InChI is InChI=1S/C21H18N8S/c1-2-29-13-26-17-19(27-18(28-20(17)29)15-4-3-7-22-12-15)25-11-14-5-6-16(24-10-14)21-23-8-9-30-21/h3-10,12-13H,2,11H2,1H3,(H,25,27,28). The fourth-order valence-corrected chi connectivity index (χ4v) is 3.73. The first kappa shape index (κ1) is 18.3. The Hall–Kier alpha value is -3.72. The van der Waals surface area contributed by atoms with E-state index in [1.165, 1.54) is 0 Å². The Bertz CT molecular complexity index is 1260. The van der Waals surface area contributed by atoms with Gasteiger partial charge in [0.25, 0.3) is 0 Å². The van der Waals surface area contributed by atoms with Crippen LogP contribution in [0.1, 0.15) is 12.5 Å². The first-order valence-electron chi connectivity index (χ1n) is 9.54. The first-order chi connectivity index (χ1) is 14.8. The molecular formula is C21H18N8S. The summed E-state index contributed by atoms with van der Waals surface area (Å²) in [4.78, 5) is 27.0. The average Bonchev–Trinajstić information content (AvgIpc) is 3.48. The number of hydrogen-bond acceptors (Lipinski definition) is 8. The second-order valence-corrected chi connectivity index (χ2v) is 7.48. The summed E-state index contributed by atoms with van der Waals surface area (Å²) in [5.74, 6) is 1.31. The minimum Gasteiger partial charge on any atom is -0.364 e. The highest BCUT2D eigenvalue weighted by molar-refractivity contribution is 7.13. The monoisotopic (exact) mass is 414 g/mol. The van der Waals surface area contributed by atoms with Crippen LogP contribution in [0.5, 0.6) is 0 Å². The molecule has 1 N–H and O–H groups in total. The summed E-state index contributed by atoms with van der Waals surface area (Å²) in [5, 5.41) is 6.27. The van der Waals surface area contributed by atoms with Crippen LogP contribution in [0.3, 0.4) is 0 Å². The van der Waals surface area contributed by atoms with Crippen LogP contribution in [0.4, 0.5) is 5.82 Å². The van der Waals surface area contributed by atoms with Gasteiger partial charge in [-0.15, -0.1) is 11.3 Å². The van der Waals surface area contributed by atoms with Crippen LogP contribution in [-0.4, -0.2) is 34.5 Å². The molecule has 0 bridgehead atoms. The molecule has 0 saturated carbocycles. The van der Waals surface area contributed by atoms with Crippen molar-refractivity contribution in [2.24, 2.45) is 0 Å². The lowest BCUT2D eigenvalue weighted by atomic mass is 10.2. The molecule has 0 aliphatic rings. The van der Waals surface area contributed by atoms with Gasteiger partial charge in [-0.3, -0.25) is 9.97 Å². The molecule has 0 amide bonds. The largest absolute Gasteiger partial charge is 0.364 e. The van der Waals surface area contributed by atoms with E-state index in [1.807, 2.05) is 40.4 Å². The predicted molar refractivity (Wildman–Crippen MR) is 117 cm³/mol. The maximum Gasteiger partial charge on any atom is 0.166 e. The quantitative estimate of drug-likeness (QED) is 0.448. The highest BCUT2D eigenvalue weighted by Crippen LogP contribution is 2.24. The second kappa shape index (κ2) is 7.96. The highest BCUT2D eigenvalue weighted by Gasteiger charge is 2.14. The zero-order valence-electron chi connectivity index (χ0n) is 16.2. The van der Waals surface area contributed by atoms with E-state index >= 15 is 0 Å². The molecule has 0 aliphatic carbocycles. The molecule has 5 rings (SSSR count). The number of nitrogens with one attached hydrogen (secondary N) is 1. The van der Waals surface area contributed by atoms with E-state index in [4.69, 9.17) is 9.97 Å². The number of nitrogens with zero attached hydrogens (tertiary/aromatic N) is 7.